The van der Waals surface area contributed by atoms with Gasteiger partial charge in [0.1, 0.15) is 0 Å². The van der Waals surface area contributed by atoms with E-state index in [1.807, 2.05) is 0 Å². The molecule has 0 amide bonds. The minimum Gasteiger partial charge on any atom is -0.476 e. The molecule has 0 fully saturated rings. The van der Waals surface area contributed by atoms with Crippen LogP contribution in [0.15, 0.2) is 30.5 Å². The van der Waals surface area contributed by atoms with Crippen molar-refractivity contribution in [3.63, 3.8) is 0 Å². The molecule has 0 aliphatic carbocycles. The summed E-state index contributed by atoms with van der Waals surface area (Å²) in [7, 11) is 0. The van der Waals surface area contributed by atoms with Crippen molar-refractivity contribution >= 4 is 23.3 Å². The van der Waals surface area contributed by atoms with E-state index >= 15 is 0 Å². The lowest BCUT2D eigenvalue weighted by Gasteiger charge is -2.03. The quantitative estimate of drug-likeness (QED) is 0.684. The number of nitrogens with zero attached hydrogens (tertiary/aromatic N) is 3. The third-order valence-corrected chi connectivity index (χ3v) is 2.67. The first-order valence-corrected chi connectivity index (χ1v) is 5.55. The van der Waals surface area contributed by atoms with E-state index in [0.717, 1.165) is 0 Å². The molecule has 0 aliphatic heterocycles. The van der Waals surface area contributed by atoms with Crippen LogP contribution in [-0.2, 0) is 6.54 Å². The molecule has 0 radical (unpaired) electrons. The summed E-state index contributed by atoms with van der Waals surface area (Å²) < 4.78 is 1.32. The van der Waals surface area contributed by atoms with Crippen molar-refractivity contribution in [2.75, 3.05) is 0 Å². The van der Waals surface area contributed by atoms with Gasteiger partial charge in [0.05, 0.1) is 17.0 Å². The number of nitro groups is 1. The largest absolute Gasteiger partial charge is 0.476 e. The molecule has 0 unspecified atom stereocenters. The van der Waals surface area contributed by atoms with Crippen LogP contribution < -0.4 is 0 Å². The second-order valence-corrected chi connectivity index (χ2v) is 4.17. The van der Waals surface area contributed by atoms with Crippen LogP contribution in [0.2, 0.25) is 5.02 Å². The maximum atomic E-state index is 10.9. The van der Waals surface area contributed by atoms with Gasteiger partial charge in [-0.15, -0.1) is 0 Å². The summed E-state index contributed by atoms with van der Waals surface area (Å²) in [6, 6.07) is 5.62. The smallest absolute Gasteiger partial charge is 0.356 e. The van der Waals surface area contributed by atoms with Gasteiger partial charge in [0.15, 0.2) is 5.69 Å². The summed E-state index contributed by atoms with van der Waals surface area (Å²) in [4.78, 5) is 21.0. The van der Waals surface area contributed by atoms with Gasteiger partial charge in [-0.1, -0.05) is 11.6 Å². The molecule has 0 spiro atoms. The van der Waals surface area contributed by atoms with E-state index in [0.29, 0.717) is 5.56 Å². The molecule has 19 heavy (non-hydrogen) atoms. The predicted molar refractivity (Wildman–Crippen MR) is 66.4 cm³/mol. The minimum absolute atomic E-state index is 0.0980. The molecule has 0 atom stereocenters. The van der Waals surface area contributed by atoms with E-state index in [1.165, 1.54) is 35.1 Å². The third-order valence-electron chi connectivity index (χ3n) is 2.44. The third kappa shape index (κ3) is 2.89. The number of carbonyl (C=O) groups is 1. The Morgan fingerprint density at radius 3 is 2.79 bits per heavy atom. The lowest BCUT2D eigenvalue weighted by molar-refractivity contribution is -0.385. The molecule has 0 saturated carbocycles. The number of benzene rings is 1. The number of hydrogen-bond donors (Lipinski definition) is 1. The molecule has 1 heterocycles. The first kappa shape index (κ1) is 13.0. The zero-order chi connectivity index (χ0) is 14.0. The molecular formula is C11H8ClN3O4. The highest BCUT2D eigenvalue weighted by Gasteiger charge is 2.15. The normalized spacial score (nSPS) is 10.4. The molecule has 8 heteroatoms. The van der Waals surface area contributed by atoms with Crippen LogP contribution in [0.3, 0.4) is 0 Å². The Balaban J connectivity index is 2.32. The van der Waals surface area contributed by atoms with Crippen LogP contribution >= 0.6 is 11.6 Å². The molecular weight excluding hydrogens is 274 g/mol. The molecule has 1 N–H and O–H groups in total. The van der Waals surface area contributed by atoms with Crippen LogP contribution in [0, 0.1) is 10.1 Å². The van der Waals surface area contributed by atoms with E-state index in [-0.39, 0.29) is 22.9 Å². The first-order chi connectivity index (χ1) is 8.97. The van der Waals surface area contributed by atoms with E-state index < -0.39 is 10.9 Å². The van der Waals surface area contributed by atoms with Crippen molar-refractivity contribution in [1.82, 2.24) is 9.78 Å². The summed E-state index contributed by atoms with van der Waals surface area (Å²) in [6.45, 7) is 0.0980. The molecule has 0 aliphatic rings. The van der Waals surface area contributed by atoms with Gasteiger partial charge in [0.2, 0.25) is 0 Å². The molecule has 2 rings (SSSR count). The SMILES string of the molecule is O=C(O)c1ccn(Cc2ccc(Cl)cc2[N+](=O)[O-])n1. The van der Waals surface area contributed by atoms with Crippen molar-refractivity contribution in [1.29, 1.82) is 0 Å². The van der Waals surface area contributed by atoms with Crippen LogP contribution in [-0.4, -0.2) is 25.8 Å². The van der Waals surface area contributed by atoms with Gasteiger partial charge >= 0.3 is 5.97 Å². The van der Waals surface area contributed by atoms with Gasteiger partial charge in [0.25, 0.3) is 5.69 Å². The van der Waals surface area contributed by atoms with E-state index in [2.05, 4.69) is 5.10 Å². The Morgan fingerprint density at radius 2 is 2.21 bits per heavy atom. The number of nitro benzene ring substituents is 1. The Hall–Kier alpha value is -2.41. The molecule has 7 nitrogen and oxygen atoms in total. The lowest BCUT2D eigenvalue weighted by atomic mass is 10.2. The van der Waals surface area contributed by atoms with Crippen molar-refractivity contribution in [3.8, 4) is 0 Å². The van der Waals surface area contributed by atoms with Crippen LogP contribution in [0.25, 0.3) is 0 Å². The molecule has 0 saturated heterocycles. The highest BCUT2D eigenvalue weighted by atomic mass is 35.5. The second-order valence-electron chi connectivity index (χ2n) is 3.73. The number of aromatic carboxylic acids is 1. The Morgan fingerprint density at radius 1 is 1.47 bits per heavy atom. The fourth-order valence-electron chi connectivity index (χ4n) is 1.58. The Labute approximate surface area is 112 Å². The number of halogens is 1. The van der Waals surface area contributed by atoms with Crippen LogP contribution in [0.4, 0.5) is 5.69 Å². The van der Waals surface area contributed by atoms with Gasteiger partial charge in [-0.05, 0) is 18.2 Å². The Bertz CT molecular complexity index is 653. The standard InChI is InChI=1S/C11H8ClN3O4/c12-8-2-1-7(10(5-8)15(18)19)6-14-4-3-9(13-14)11(16)17/h1-5H,6H2,(H,16,17). The molecule has 98 valence electrons. The fraction of sp³-hybridized carbons (Fsp3) is 0.0909. The Kier molecular flexibility index (Phi) is 3.48. The summed E-state index contributed by atoms with van der Waals surface area (Å²) >= 11 is 5.70. The van der Waals surface area contributed by atoms with Crippen LogP contribution in [0.1, 0.15) is 16.1 Å². The van der Waals surface area contributed by atoms with Crippen molar-refractivity contribution in [2.24, 2.45) is 0 Å². The van der Waals surface area contributed by atoms with Crippen LogP contribution in [0.5, 0.6) is 0 Å². The zero-order valence-corrected chi connectivity index (χ0v) is 10.2. The summed E-state index contributed by atoms with van der Waals surface area (Å²) in [5, 5.41) is 23.7. The molecule has 2 aromatic rings. The van der Waals surface area contributed by atoms with Gasteiger partial charge in [-0.3, -0.25) is 14.8 Å². The highest BCUT2D eigenvalue weighted by Crippen LogP contribution is 2.23. The monoisotopic (exact) mass is 281 g/mol. The number of aromatic nitrogens is 2. The predicted octanol–water partition coefficient (Wildman–Crippen LogP) is 2.19. The lowest BCUT2D eigenvalue weighted by Crippen LogP contribution is -2.06. The number of rotatable bonds is 4. The summed E-state index contributed by atoms with van der Waals surface area (Å²) in [5.74, 6) is -1.15. The van der Waals surface area contributed by atoms with Crippen molar-refractivity contribution in [2.45, 2.75) is 6.54 Å². The van der Waals surface area contributed by atoms with Gasteiger partial charge in [-0.25, -0.2) is 4.79 Å². The van der Waals surface area contributed by atoms with Crippen molar-refractivity contribution in [3.05, 3.63) is 56.9 Å². The van der Waals surface area contributed by atoms with Crippen molar-refractivity contribution < 1.29 is 14.8 Å². The van der Waals surface area contributed by atoms with E-state index in [9.17, 15) is 14.9 Å². The fourth-order valence-corrected chi connectivity index (χ4v) is 1.75. The molecule has 1 aromatic carbocycles. The topological polar surface area (TPSA) is 98.3 Å². The van der Waals surface area contributed by atoms with E-state index in [4.69, 9.17) is 16.7 Å². The molecule has 0 bridgehead atoms. The maximum Gasteiger partial charge on any atom is 0.356 e. The average molecular weight is 282 g/mol. The minimum atomic E-state index is -1.15. The van der Waals surface area contributed by atoms with Gasteiger partial charge < -0.3 is 5.11 Å². The van der Waals surface area contributed by atoms with Gasteiger partial charge in [-0.2, -0.15) is 5.10 Å². The van der Waals surface area contributed by atoms with Gasteiger partial charge in [0, 0.05) is 17.3 Å². The zero-order valence-electron chi connectivity index (χ0n) is 9.49. The number of carboxylic acids is 1. The first-order valence-electron chi connectivity index (χ1n) is 5.17. The highest BCUT2D eigenvalue weighted by molar-refractivity contribution is 6.30. The summed E-state index contributed by atoms with van der Waals surface area (Å²) in [6.07, 6.45) is 1.45. The molecule has 1 aromatic heterocycles. The summed E-state index contributed by atoms with van der Waals surface area (Å²) in [5.41, 5.74) is 0.158. The van der Waals surface area contributed by atoms with E-state index in [1.54, 1.807) is 0 Å². The second kappa shape index (κ2) is 5.07. The number of hydrogen-bond acceptors (Lipinski definition) is 4. The number of carboxylic acid groups (broad SMARTS) is 1. The average Bonchev–Trinajstić information content (AvgIpc) is 2.80. The maximum absolute atomic E-state index is 10.9.